The number of hydrogen-bond donors (Lipinski definition) is 2. The largest absolute Gasteiger partial charge is 0.381 e. The second kappa shape index (κ2) is 9.22. The molecule has 3 aliphatic rings. The smallest absolute Gasteiger partial charge is 0.188 e. The molecule has 0 aliphatic carbocycles. The van der Waals surface area contributed by atoms with Crippen molar-refractivity contribution in [2.24, 2.45) is 10.7 Å². The van der Waals surface area contributed by atoms with Crippen LogP contribution in [0.2, 0.25) is 0 Å². The molecule has 3 fully saturated rings. The Morgan fingerprint density at radius 1 is 1.18 bits per heavy atom. The first-order valence-electron chi connectivity index (χ1n) is 10.4. The molecule has 0 amide bonds. The molecular weight excluding hydrogens is 356 g/mol. The minimum absolute atomic E-state index is 0.0221. The summed E-state index contributed by atoms with van der Waals surface area (Å²) in [5.41, 5.74) is 7.49. The van der Waals surface area contributed by atoms with E-state index in [1.807, 2.05) is 0 Å². The van der Waals surface area contributed by atoms with Gasteiger partial charge in [-0.05, 0) is 18.4 Å². The molecule has 3 saturated heterocycles. The van der Waals surface area contributed by atoms with Crippen LogP contribution in [0.4, 0.5) is 0 Å². The highest BCUT2D eigenvalue weighted by atomic mass is 16.7. The zero-order valence-corrected chi connectivity index (χ0v) is 16.5. The Kier molecular flexibility index (Phi) is 6.47. The molecule has 3 aliphatic heterocycles. The van der Waals surface area contributed by atoms with Crippen molar-refractivity contribution >= 4 is 5.96 Å². The molecule has 1 atom stereocenters. The third-order valence-electron chi connectivity index (χ3n) is 5.82. The molecule has 1 spiro atoms. The number of rotatable bonds is 5. The number of likely N-dealkylation sites (tertiary alicyclic amines) is 1. The van der Waals surface area contributed by atoms with Crippen molar-refractivity contribution in [3.05, 3.63) is 35.9 Å². The minimum Gasteiger partial charge on any atom is -0.381 e. The number of nitrogens with one attached hydrogen (secondary N) is 1. The van der Waals surface area contributed by atoms with E-state index in [9.17, 15) is 0 Å². The minimum atomic E-state index is -0.452. The van der Waals surface area contributed by atoms with Gasteiger partial charge in [-0.15, -0.1) is 0 Å². The van der Waals surface area contributed by atoms with Crippen molar-refractivity contribution in [2.75, 3.05) is 39.5 Å². The SMILES string of the molecule is NC(=NCC1COC2(CCOCC2)O1)NC1CCN(Cc2ccccc2)CC1. The number of piperidine rings is 1. The summed E-state index contributed by atoms with van der Waals surface area (Å²) in [6.07, 6.45) is 3.72. The van der Waals surface area contributed by atoms with E-state index >= 15 is 0 Å². The summed E-state index contributed by atoms with van der Waals surface area (Å²) in [6, 6.07) is 11.0. The standard InChI is InChI=1S/C21H32N4O3/c22-20(23-14-19-16-27-21(28-19)8-12-26-13-9-21)24-18-6-10-25(11-7-18)15-17-4-2-1-3-5-17/h1-5,18-19H,6-16H2,(H3,22,23,24). The van der Waals surface area contributed by atoms with Gasteiger partial charge >= 0.3 is 0 Å². The number of nitrogens with zero attached hydrogens (tertiary/aromatic N) is 2. The summed E-state index contributed by atoms with van der Waals surface area (Å²) >= 11 is 0. The predicted molar refractivity (Wildman–Crippen MR) is 108 cm³/mol. The number of ether oxygens (including phenoxy) is 3. The van der Waals surface area contributed by atoms with Gasteiger partial charge in [0.15, 0.2) is 11.7 Å². The van der Waals surface area contributed by atoms with Gasteiger partial charge in [0, 0.05) is 38.5 Å². The molecule has 0 radical (unpaired) electrons. The van der Waals surface area contributed by atoms with Crippen LogP contribution in [-0.2, 0) is 20.8 Å². The third-order valence-corrected chi connectivity index (χ3v) is 5.82. The average Bonchev–Trinajstić information content (AvgIpc) is 3.11. The molecule has 4 rings (SSSR count). The molecule has 28 heavy (non-hydrogen) atoms. The molecule has 7 nitrogen and oxygen atoms in total. The van der Waals surface area contributed by atoms with E-state index in [0.29, 0.717) is 38.4 Å². The first kappa shape index (κ1) is 19.6. The van der Waals surface area contributed by atoms with Gasteiger partial charge in [-0.1, -0.05) is 30.3 Å². The van der Waals surface area contributed by atoms with Crippen molar-refractivity contribution < 1.29 is 14.2 Å². The lowest BCUT2D eigenvalue weighted by Gasteiger charge is -2.32. The van der Waals surface area contributed by atoms with Gasteiger partial charge < -0.3 is 25.3 Å². The van der Waals surface area contributed by atoms with E-state index in [4.69, 9.17) is 19.9 Å². The normalized spacial score (nSPS) is 26.6. The van der Waals surface area contributed by atoms with Gasteiger partial charge in [-0.3, -0.25) is 9.89 Å². The lowest BCUT2D eigenvalue weighted by Crippen LogP contribution is -2.47. The maximum absolute atomic E-state index is 6.12. The van der Waals surface area contributed by atoms with Crippen molar-refractivity contribution in [1.29, 1.82) is 0 Å². The van der Waals surface area contributed by atoms with Crippen LogP contribution >= 0.6 is 0 Å². The Labute approximate surface area is 167 Å². The van der Waals surface area contributed by atoms with Crippen LogP contribution in [0.1, 0.15) is 31.2 Å². The molecular formula is C21H32N4O3. The van der Waals surface area contributed by atoms with E-state index in [1.165, 1.54) is 5.56 Å². The van der Waals surface area contributed by atoms with Gasteiger partial charge in [-0.25, -0.2) is 0 Å². The zero-order chi connectivity index (χ0) is 19.2. The molecule has 1 aromatic rings. The number of nitrogens with two attached hydrogens (primary N) is 1. The van der Waals surface area contributed by atoms with Crippen LogP contribution in [0.15, 0.2) is 35.3 Å². The number of benzene rings is 1. The molecule has 0 aromatic heterocycles. The summed E-state index contributed by atoms with van der Waals surface area (Å²) < 4.78 is 17.4. The topological polar surface area (TPSA) is 81.3 Å². The van der Waals surface area contributed by atoms with Gasteiger partial charge in [0.05, 0.1) is 26.4 Å². The predicted octanol–water partition coefficient (Wildman–Crippen LogP) is 1.48. The maximum atomic E-state index is 6.12. The van der Waals surface area contributed by atoms with Gasteiger partial charge in [0.2, 0.25) is 0 Å². The highest BCUT2D eigenvalue weighted by Crippen LogP contribution is 2.33. The first-order valence-corrected chi connectivity index (χ1v) is 10.4. The van der Waals surface area contributed by atoms with Crippen LogP contribution in [0.3, 0.4) is 0 Å². The van der Waals surface area contributed by atoms with Crippen molar-refractivity contribution in [3.63, 3.8) is 0 Å². The molecule has 1 unspecified atom stereocenters. The second-order valence-corrected chi connectivity index (χ2v) is 7.98. The Hall–Kier alpha value is -1.67. The van der Waals surface area contributed by atoms with Gasteiger partial charge in [-0.2, -0.15) is 0 Å². The van der Waals surface area contributed by atoms with E-state index < -0.39 is 5.79 Å². The van der Waals surface area contributed by atoms with E-state index in [1.54, 1.807) is 0 Å². The maximum Gasteiger partial charge on any atom is 0.188 e. The summed E-state index contributed by atoms with van der Waals surface area (Å²) in [5.74, 6) is 0.0599. The summed E-state index contributed by atoms with van der Waals surface area (Å²) in [6.45, 7) is 5.67. The summed E-state index contributed by atoms with van der Waals surface area (Å²) in [7, 11) is 0. The molecule has 7 heteroatoms. The van der Waals surface area contributed by atoms with E-state index in [-0.39, 0.29) is 6.10 Å². The van der Waals surface area contributed by atoms with Gasteiger partial charge in [0.1, 0.15) is 6.10 Å². The Morgan fingerprint density at radius 3 is 2.68 bits per heavy atom. The van der Waals surface area contributed by atoms with Crippen LogP contribution in [0, 0.1) is 0 Å². The van der Waals surface area contributed by atoms with E-state index in [2.05, 4.69) is 45.5 Å². The fraction of sp³-hybridized carbons (Fsp3) is 0.667. The van der Waals surface area contributed by atoms with Crippen molar-refractivity contribution in [3.8, 4) is 0 Å². The number of hydrogen-bond acceptors (Lipinski definition) is 5. The highest BCUT2D eigenvalue weighted by Gasteiger charge is 2.42. The number of guanidine groups is 1. The Bertz CT molecular complexity index is 640. The van der Waals surface area contributed by atoms with Gasteiger partial charge in [0.25, 0.3) is 0 Å². The van der Waals surface area contributed by atoms with Crippen LogP contribution < -0.4 is 11.1 Å². The fourth-order valence-electron chi connectivity index (χ4n) is 4.18. The molecule has 3 heterocycles. The lowest BCUT2D eigenvalue weighted by atomic mass is 10.0. The third kappa shape index (κ3) is 5.23. The van der Waals surface area contributed by atoms with Crippen molar-refractivity contribution in [1.82, 2.24) is 10.2 Å². The Morgan fingerprint density at radius 2 is 1.93 bits per heavy atom. The van der Waals surface area contributed by atoms with Crippen molar-refractivity contribution in [2.45, 2.75) is 50.2 Å². The number of aliphatic imine (C=N–C) groups is 1. The summed E-state index contributed by atoms with van der Waals surface area (Å²) in [4.78, 5) is 7.00. The highest BCUT2D eigenvalue weighted by molar-refractivity contribution is 5.78. The molecule has 1 aromatic carbocycles. The van der Waals surface area contributed by atoms with Crippen LogP contribution in [0.25, 0.3) is 0 Å². The second-order valence-electron chi connectivity index (χ2n) is 7.98. The molecule has 0 bridgehead atoms. The van der Waals surface area contributed by atoms with Crippen LogP contribution in [0.5, 0.6) is 0 Å². The quantitative estimate of drug-likeness (QED) is 0.587. The van der Waals surface area contributed by atoms with E-state index in [0.717, 1.165) is 45.3 Å². The van der Waals surface area contributed by atoms with Crippen LogP contribution in [-0.4, -0.2) is 68.2 Å². The lowest BCUT2D eigenvalue weighted by molar-refractivity contribution is -0.210. The zero-order valence-electron chi connectivity index (χ0n) is 16.5. The fourth-order valence-corrected chi connectivity index (χ4v) is 4.18. The Balaban J connectivity index is 1.17. The molecule has 3 N–H and O–H groups in total. The summed E-state index contributed by atoms with van der Waals surface area (Å²) in [5, 5.41) is 3.38. The molecule has 0 saturated carbocycles. The average molecular weight is 389 g/mol. The monoisotopic (exact) mass is 388 g/mol. The first-order chi connectivity index (χ1) is 13.7. The molecule has 154 valence electrons.